The van der Waals surface area contributed by atoms with Crippen molar-refractivity contribution >= 4 is 32.1 Å². The fraction of sp³-hybridized carbons (Fsp3) is 0.250. The third-order valence-electron chi connectivity index (χ3n) is 6.73. The molecule has 36 heavy (non-hydrogen) atoms. The molecule has 1 fully saturated rings. The summed E-state index contributed by atoms with van der Waals surface area (Å²) in [7, 11) is -0.486. The molecule has 4 aromatic rings. The second-order valence-corrected chi connectivity index (χ2v) is 10.8. The summed E-state index contributed by atoms with van der Waals surface area (Å²) in [5, 5.41) is 0.820. The van der Waals surface area contributed by atoms with E-state index in [4.69, 9.17) is 9.47 Å². The predicted molar refractivity (Wildman–Crippen MR) is 141 cm³/mol. The molecule has 0 spiro atoms. The van der Waals surface area contributed by atoms with Crippen LogP contribution in [0.5, 0.6) is 11.5 Å². The van der Waals surface area contributed by atoms with Crippen LogP contribution in [0.4, 0.5) is 11.4 Å². The Hall–Kier alpha value is -3.78. The van der Waals surface area contributed by atoms with Gasteiger partial charge in [0.05, 0.1) is 30.2 Å². The number of methoxy groups -OCH3 is 2. The summed E-state index contributed by atoms with van der Waals surface area (Å²) in [6, 6.07) is 20.7. The number of ether oxygens (including phenoxy) is 2. The lowest BCUT2D eigenvalue weighted by Gasteiger charge is -2.38. The van der Waals surface area contributed by atoms with Gasteiger partial charge in [-0.2, -0.15) is 0 Å². The second kappa shape index (κ2) is 9.70. The highest BCUT2D eigenvalue weighted by Gasteiger charge is 2.31. The number of benzene rings is 3. The van der Waals surface area contributed by atoms with Crippen LogP contribution < -0.4 is 24.3 Å². The molecule has 5 rings (SSSR count). The van der Waals surface area contributed by atoms with E-state index in [-0.39, 0.29) is 9.79 Å². The summed E-state index contributed by atoms with van der Waals surface area (Å²) < 4.78 is 38.5. The van der Waals surface area contributed by atoms with Crippen LogP contribution in [0.3, 0.4) is 0 Å². The van der Waals surface area contributed by atoms with Crippen molar-refractivity contribution in [1.29, 1.82) is 0 Å². The minimum atomic E-state index is -3.76. The molecule has 0 saturated carbocycles. The molecule has 1 aromatic heterocycles. The predicted octanol–water partition coefficient (Wildman–Crippen LogP) is 4.14. The molecule has 1 aliphatic heterocycles. The number of piperazine rings is 1. The van der Waals surface area contributed by atoms with Gasteiger partial charge in [0.2, 0.25) is 15.4 Å². The number of pyridine rings is 1. The van der Waals surface area contributed by atoms with E-state index in [1.807, 2.05) is 49.4 Å². The lowest BCUT2D eigenvalue weighted by Crippen LogP contribution is -2.47. The van der Waals surface area contributed by atoms with Gasteiger partial charge in [0, 0.05) is 37.9 Å². The van der Waals surface area contributed by atoms with E-state index in [1.165, 1.54) is 0 Å². The van der Waals surface area contributed by atoms with Gasteiger partial charge in [0.1, 0.15) is 11.5 Å². The van der Waals surface area contributed by atoms with E-state index in [9.17, 15) is 8.42 Å². The van der Waals surface area contributed by atoms with E-state index in [0.29, 0.717) is 24.5 Å². The Morgan fingerprint density at radius 2 is 1.39 bits per heavy atom. The van der Waals surface area contributed by atoms with Crippen molar-refractivity contribution in [2.75, 3.05) is 50.2 Å². The third-order valence-corrected chi connectivity index (χ3v) is 8.51. The average Bonchev–Trinajstić information content (AvgIpc) is 2.92. The van der Waals surface area contributed by atoms with Crippen LogP contribution in [0.25, 0.3) is 10.9 Å². The van der Waals surface area contributed by atoms with Gasteiger partial charge >= 0.3 is 0 Å². The summed E-state index contributed by atoms with van der Waals surface area (Å²) in [6.45, 7) is 4.83. The fourth-order valence-electron chi connectivity index (χ4n) is 4.67. The van der Waals surface area contributed by atoms with E-state index in [0.717, 1.165) is 41.0 Å². The van der Waals surface area contributed by atoms with Crippen LogP contribution in [0.1, 0.15) is 5.56 Å². The Kier molecular flexibility index (Phi) is 6.45. The quantitative estimate of drug-likeness (QED) is 0.393. The minimum absolute atomic E-state index is 0.269. The SMILES string of the molecule is COc1ccc(N2CCN(c3c(S(=O)(=O)c4ccc(C)cc4)c[nH+]c4ccc(OC)cc34)CC2)cc1. The second-order valence-electron chi connectivity index (χ2n) is 8.90. The molecular weight excluding hydrogens is 474 g/mol. The molecule has 0 amide bonds. The maximum atomic E-state index is 13.9. The molecule has 8 heteroatoms. The van der Waals surface area contributed by atoms with Gasteiger partial charge in [0.15, 0.2) is 11.1 Å². The number of aromatic amines is 1. The fourth-order valence-corrected chi connectivity index (χ4v) is 6.13. The highest BCUT2D eigenvalue weighted by Crippen LogP contribution is 2.37. The van der Waals surface area contributed by atoms with Gasteiger partial charge in [-0.1, -0.05) is 17.7 Å². The molecule has 1 aliphatic rings. The van der Waals surface area contributed by atoms with Crippen LogP contribution in [0, 0.1) is 6.92 Å². The summed E-state index contributed by atoms with van der Waals surface area (Å²) in [5.41, 5.74) is 3.69. The molecule has 0 aliphatic carbocycles. The molecule has 1 N–H and O–H groups in total. The van der Waals surface area contributed by atoms with Crippen molar-refractivity contribution in [3.8, 4) is 11.5 Å². The molecular formula is C28H30N3O4S+. The molecule has 0 unspecified atom stereocenters. The number of fused-ring (bicyclic) bond motifs is 1. The number of rotatable bonds is 6. The zero-order valence-electron chi connectivity index (χ0n) is 20.7. The molecule has 186 valence electrons. The van der Waals surface area contributed by atoms with Crippen molar-refractivity contribution in [3.05, 3.63) is 78.5 Å². The van der Waals surface area contributed by atoms with Crippen LogP contribution in [-0.2, 0) is 9.84 Å². The number of aromatic nitrogens is 1. The minimum Gasteiger partial charge on any atom is -0.497 e. The Balaban J connectivity index is 1.56. The summed E-state index contributed by atoms with van der Waals surface area (Å²) in [6.07, 6.45) is 1.62. The number of hydrogen-bond donors (Lipinski definition) is 0. The summed E-state index contributed by atoms with van der Waals surface area (Å²) in [5.74, 6) is 1.50. The first-order chi connectivity index (χ1) is 17.4. The van der Waals surface area contributed by atoms with Gasteiger partial charge in [-0.25, -0.2) is 13.4 Å². The lowest BCUT2D eigenvalue weighted by atomic mass is 10.1. The van der Waals surface area contributed by atoms with Gasteiger partial charge in [0.25, 0.3) is 0 Å². The zero-order valence-corrected chi connectivity index (χ0v) is 21.5. The van der Waals surface area contributed by atoms with Crippen LogP contribution in [0.15, 0.2) is 82.7 Å². The Bertz CT molecular complexity index is 1480. The number of hydrogen-bond acceptors (Lipinski definition) is 6. The largest absolute Gasteiger partial charge is 0.497 e. The van der Waals surface area contributed by atoms with E-state index < -0.39 is 9.84 Å². The van der Waals surface area contributed by atoms with Gasteiger partial charge in [-0.3, -0.25) is 0 Å². The lowest BCUT2D eigenvalue weighted by molar-refractivity contribution is -0.347. The molecule has 0 radical (unpaired) electrons. The first-order valence-electron chi connectivity index (χ1n) is 11.9. The average molecular weight is 505 g/mol. The molecule has 3 aromatic carbocycles. The standard InChI is InChI=1S/C28H29N3O4S/c1-20-4-11-24(12-5-20)36(32,33)27-19-29-26-13-10-23(35-3)18-25(26)28(27)31-16-14-30(15-17-31)21-6-8-22(34-2)9-7-21/h4-13,18-19H,14-17H2,1-3H3/p+1. The first-order valence-corrected chi connectivity index (χ1v) is 13.4. The van der Waals surface area contributed by atoms with Crippen molar-refractivity contribution in [2.45, 2.75) is 16.7 Å². The monoisotopic (exact) mass is 504 g/mol. The number of H-pyrrole nitrogens is 1. The van der Waals surface area contributed by atoms with Gasteiger partial charge in [-0.15, -0.1) is 0 Å². The maximum Gasteiger partial charge on any atom is 0.214 e. The molecule has 7 nitrogen and oxygen atoms in total. The highest BCUT2D eigenvalue weighted by atomic mass is 32.2. The molecule has 0 bridgehead atoms. The van der Waals surface area contributed by atoms with Crippen LogP contribution in [0.2, 0.25) is 0 Å². The highest BCUT2D eigenvalue weighted by molar-refractivity contribution is 7.91. The Labute approximate surface area is 211 Å². The zero-order chi connectivity index (χ0) is 25.3. The van der Waals surface area contributed by atoms with E-state index in [2.05, 4.69) is 26.9 Å². The summed E-state index contributed by atoms with van der Waals surface area (Å²) in [4.78, 5) is 8.23. The normalized spacial score (nSPS) is 14.2. The van der Waals surface area contributed by atoms with E-state index in [1.54, 1.807) is 32.5 Å². The summed E-state index contributed by atoms with van der Waals surface area (Å²) >= 11 is 0. The molecule has 1 saturated heterocycles. The van der Waals surface area contributed by atoms with Crippen LogP contribution in [-0.4, -0.2) is 48.8 Å². The number of nitrogens with zero attached hydrogens (tertiary/aromatic N) is 2. The van der Waals surface area contributed by atoms with Crippen molar-refractivity contribution in [3.63, 3.8) is 0 Å². The number of nitrogens with one attached hydrogen (secondary N) is 1. The first kappa shape index (κ1) is 23.9. The number of anilines is 2. The van der Waals surface area contributed by atoms with Crippen molar-refractivity contribution in [2.24, 2.45) is 0 Å². The Morgan fingerprint density at radius 1 is 0.778 bits per heavy atom. The van der Waals surface area contributed by atoms with Crippen molar-refractivity contribution in [1.82, 2.24) is 0 Å². The van der Waals surface area contributed by atoms with Gasteiger partial charge in [-0.05, 0) is 55.5 Å². The number of sulfone groups is 1. The van der Waals surface area contributed by atoms with Crippen LogP contribution >= 0.6 is 0 Å². The van der Waals surface area contributed by atoms with Crippen molar-refractivity contribution < 1.29 is 22.9 Å². The smallest absolute Gasteiger partial charge is 0.214 e. The topological polar surface area (TPSA) is 73.2 Å². The molecule has 0 atom stereocenters. The third kappa shape index (κ3) is 4.44. The van der Waals surface area contributed by atoms with Gasteiger partial charge < -0.3 is 19.3 Å². The number of aryl methyl sites for hydroxylation is 1. The van der Waals surface area contributed by atoms with E-state index >= 15 is 0 Å². The Morgan fingerprint density at radius 3 is 2.03 bits per heavy atom. The maximum absolute atomic E-state index is 13.9. The molecule has 2 heterocycles.